The molecule has 0 spiro atoms. The summed E-state index contributed by atoms with van der Waals surface area (Å²) in [6, 6.07) is 3.21. The molecule has 7 nitrogen and oxygen atoms in total. The Labute approximate surface area is 158 Å². The lowest BCUT2D eigenvalue weighted by Gasteiger charge is -2.20. The zero-order valence-corrected chi connectivity index (χ0v) is 16.5. The fraction of sp³-hybridized carbons (Fsp3) is 0.450. The maximum Gasteiger partial charge on any atom is 0.355 e. The third-order valence-electron chi connectivity index (χ3n) is 4.53. The van der Waals surface area contributed by atoms with Crippen molar-refractivity contribution in [2.75, 3.05) is 19.7 Å². The fourth-order valence-corrected chi connectivity index (χ4v) is 3.21. The summed E-state index contributed by atoms with van der Waals surface area (Å²) in [5.74, 6) is -0.807. The van der Waals surface area contributed by atoms with Gasteiger partial charge < -0.3 is 18.6 Å². The van der Waals surface area contributed by atoms with Crippen LogP contribution in [0.2, 0.25) is 0 Å². The van der Waals surface area contributed by atoms with Crippen LogP contribution in [0, 0.1) is 13.8 Å². The average molecular weight is 374 g/mol. The van der Waals surface area contributed by atoms with E-state index in [2.05, 4.69) is 0 Å². The van der Waals surface area contributed by atoms with E-state index < -0.39 is 5.97 Å². The van der Waals surface area contributed by atoms with Crippen molar-refractivity contribution < 1.29 is 23.5 Å². The van der Waals surface area contributed by atoms with Gasteiger partial charge in [0, 0.05) is 24.8 Å². The van der Waals surface area contributed by atoms with Crippen molar-refractivity contribution >= 4 is 17.7 Å². The van der Waals surface area contributed by atoms with Crippen molar-refractivity contribution in [3.8, 4) is 0 Å². The molecule has 7 heteroatoms. The molecule has 0 aromatic carbocycles. The predicted molar refractivity (Wildman–Crippen MR) is 100 cm³/mol. The molecule has 0 atom stereocenters. The van der Waals surface area contributed by atoms with Crippen LogP contribution in [0.25, 0.3) is 0 Å². The molecule has 146 valence electrons. The van der Waals surface area contributed by atoms with Gasteiger partial charge in [0.05, 0.1) is 19.4 Å². The number of carbonyl (C=O) groups excluding carboxylic acids is 3. The number of hydrogen-bond donors (Lipinski definition) is 0. The molecule has 0 N–H and O–H groups in total. The molecule has 0 bridgehead atoms. The molecule has 2 aromatic rings. The molecular weight excluding hydrogens is 348 g/mol. The lowest BCUT2D eigenvalue weighted by atomic mass is 10.0. The highest BCUT2D eigenvalue weighted by molar-refractivity contribution is 6.05. The molecule has 0 aliphatic carbocycles. The average Bonchev–Trinajstić information content (AvgIpc) is 3.22. The first-order chi connectivity index (χ1) is 12.8. The highest BCUT2D eigenvalue weighted by atomic mass is 16.5. The second-order valence-corrected chi connectivity index (χ2v) is 6.34. The van der Waals surface area contributed by atoms with Crippen LogP contribution < -0.4 is 0 Å². The summed E-state index contributed by atoms with van der Waals surface area (Å²) in [6.07, 6.45) is 2.14. The highest BCUT2D eigenvalue weighted by Crippen LogP contribution is 2.23. The number of aromatic nitrogens is 1. The van der Waals surface area contributed by atoms with Gasteiger partial charge in [0.15, 0.2) is 11.5 Å². The van der Waals surface area contributed by atoms with Gasteiger partial charge in [-0.05, 0) is 44.9 Å². The summed E-state index contributed by atoms with van der Waals surface area (Å²) < 4.78 is 11.9. The largest absolute Gasteiger partial charge is 0.461 e. The van der Waals surface area contributed by atoms with Gasteiger partial charge in [-0.15, -0.1) is 0 Å². The number of furan rings is 1. The smallest absolute Gasteiger partial charge is 0.355 e. The number of rotatable bonds is 8. The molecule has 0 radical (unpaired) electrons. The van der Waals surface area contributed by atoms with Gasteiger partial charge in [-0.2, -0.15) is 0 Å². The molecule has 27 heavy (non-hydrogen) atoms. The van der Waals surface area contributed by atoms with Gasteiger partial charge in [-0.3, -0.25) is 9.59 Å². The molecule has 0 saturated carbocycles. The summed E-state index contributed by atoms with van der Waals surface area (Å²) in [5, 5.41) is 0. The highest BCUT2D eigenvalue weighted by Gasteiger charge is 2.28. The molecule has 2 heterocycles. The topological polar surface area (TPSA) is 81.8 Å². The Morgan fingerprint density at radius 1 is 1.22 bits per heavy atom. The third kappa shape index (κ3) is 4.13. The Kier molecular flexibility index (Phi) is 6.60. The Morgan fingerprint density at radius 3 is 2.48 bits per heavy atom. The molecule has 1 amide bonds. The number of nitrogens with zero attached hydrogens (tertiary/aromatic N) is 2. The third-order valence-corrected chi connectivity index (χ3v) is 4.53. The van der Waals surface area contributed by atoms with E-state index in [0.29, 0.717) is 35.5 Å². The van der Waals surface area contributed by atoms with Gasteiger partial charge in [0.1, 0.15) is 5.69 Å². The number of ether oxygens (including phenoxy) is 1. The van der Waals surface area contributed by atoms with Crippen LogP contribution in [0.3, 0.4) is 0 Å². The second-order valence-electron chi connectivity index (χ2n) is 6.34. The Balaban J connectivity index is 2.32. The molecule has 0 aliphatic rings. The van der Waals surface area contributed by atoms with Gasteiger partial charge in [-0.25, -0.2) is 4.79 Å². The van der Waals surface area contributed by atoms with Crippen LogP contribution in [0.4, 0.5) is 0 Å². The van der Waals surface area contributed by atoms with Gasteiger partial charge in [0.2, 0.25) is 0 Å². The van der Waals surface area contributed by atoms with Crippen LogP contribution in [0.15, 0.2) is 22.8 Å². The fourth-order valence-electron chi connectivity index (χ4n) is 3.21. The first-order valence-electron chi connectivity index (χ1n) is 9.02. The molecule has 0 unspecified atom stereocenters. The lowest BCUT2D eigenvalue weighted by molar-refractivity contribution is 0.0514. The van der Waals surface area contributed by atoms with Crippen molar-refractivity contribution in [2.24, 2.45) is 7.05 Å². The first-order valence-corrected chi connectivity index (χ1v) is 9.02. The Morgan fingerprint density at radius 2 is 1.93 bits per heavy atom. The number of amides is 1. The standard InChI is InChI=1S/C20H26N2O5/c1-6-10-22(19(24)16-9-8-11-27-16)12-15(23)17-13(3)18(20(25)26-7-2)21(5)14(17)4/h8-9,11H,6-7,10,12H2,1-5H3. The van der Waals surface area contributed by atoms with Gasteiger partial charge in [-0.1, -0.05) is 6.92 Å². The van der Waals surface area contributed by atoms with Crippen molar-refractivity contribution in [2.45, 2.75) is 34.1 Å². The zero-order valence-electron chi connectivity index (χ0n) is 16.5. The summed E-state index contributed by atoms with van der Waals surface area (Å²) in [7, 11) is 1.73. The van der Waals surface area contributed by atoms with Crippen molar-refractivity contribution in [1.82, 2.24) is 9.47 Å². The number of hydrogen-bond acceptors (Lipinski definition) is 5. The number of carbonyl (C=O) groups is 3. The number of esters is 1. The summed E-state index contributed by atoms with van der Waals surface area (Å²) in [6.45, 7) is 7.78. The van der Waals surface area contributed by atoms with E-state index in [0.717, 1.165) is 0 Å². The van der Waals surface area contributed by atoms with Crippen molar-refractivity contribution in [3.05, 3.63) is 46.7 Å². The van der Waals surface area contributed by atoms with Crippen LogP contribution in [-0.2, 0) is 11.8 Å². The molecule has 0 aliphatic heterocycles. The molecule has 0 fully saturated rings. The van der Waals surface area contributed by atoms with E-state index in [1.165, 1.54) is 11.2 Å². The van der Waals surface area contributed by atoms with Gasteiger partial charge in [0.25, 0.3) is 5.91 Å². The van der Waals surface area contributed by atoms with E-state index in [1.54, 1.807) is 44.5 Å². The quantitative estimate of drug-likeness (QED) is 0.524. The SMILES string of the molecule is CCCN(CC(=O)c1c(C)c(C(=O)OCC)n(C)c1C)C(=O)c1ccco1. The van der Waals surface area contributed by atoms with E-state index in [-0.39, 0.29) is 30.6 Å². The number of Topliss-reactive ketones (excluding diaryl/α,β-unsaturated/α-hetero) is 1. The minimum atomic E-state index is -0.461. The van der Waals surface area contributed by atoms with Crippen LogP contribution >= 0.6 is 0 Å². The lowest BCUT2D eigenvalue weighted by Crippen LogP contribution is -2.36. The Hall–Kier alpha value is -2.83. The maximum absolute atomic E-state index is 13.0. The molecule has 2 rings (SSSR count). The van der Waals surface area contributed by atoms with E-state index >= 15 is 0 Å². The zero-order chi connectivity index (χ0) is 20.1. The summed E-state index contributed by atoms with van der Waals surface area (Å²) in [4.78, 5) is 39.3. The van der Waals surface area contributed by atoms with E-state index in [1.807, 2.05) is 6.92 Å². The monoisotopic (exact) mass is 374 g/mol. The van der Waals surface area contributed by atoms with Crippen molar-refractivity contribution in [3.63, 3.8) is 0 Å². The van der Waals surface area contributed by atoms with Crippen LogP contribution in [0.5, 0.6) is 0 Å². The summed E-state index contributed by atoms with van der Waals surface area (Å²) in [5.41, 5.74) is 2.05. The van der Waals surface area contributed by atoms with Gasteiger partial charge >= 0.3 is 5.97 Å². The second kappa shape index (κ2) is 8.70. The van der Waals surface area contributed by atoms with Crippen LogP contribution in [-0.4, -0.2) is 46.8 Å². The van der Waals surface area contributed by atoms with E-state index in [4.69, 9.17) is 9.15 Å². The molecular formula is C20H26N2O5. The normalized spacial score (nSPS) is 10.7. The summed E-state index contributed by atoms with van der Waals surface area (Å²) >= 11 is 0. The maximum atomic E-state index is 13.0. The van der Waals surface area contributed by atoms with Crippen molar-refractivity contribution in [1.29, 1.82) is 0 Å². The predicted octanol–water partition coefficient (Wildman–Crippen LogP) is 3.15. The first kappa shape index (κ1) is 20.5. The molecule has 2 aromatic heterocycles. The Bertz CT molecular complexity index is 833. The molecule has 0 saturated heterocycles. The minimum absolute atomic E-state index is 0.0820. The minimum Gasteiger partial charge on any atom is -0.461 e. The number of ketones is 1. The van der Waals surface area contributed by atoms with Crippen LogP contribution in [0.1, 0.15) is 62.9 Å². The van der Waals surface area contributed by atoms with E-state index in [9.17, 15) is 14.4 Å².